The van der Waals surface area contributed by atoms with Crippen molar-refractivity contribution in [2.45, 2.75) is 26.4 Å². The maximum Gasteiger partial charge on any atom is 0.141 e. The van der Waals surface area contributed by atoms with E-state index in [9.17, 15) is 0 Å². The van der Waals surface area contributed by atoms with Crippen LogP contribution in [0.2, 0.25) is 0 Å². The first kappa shape index (κ1) is 10.8. The minimum absolute atomic E-state index is 0.155. The Bertz CT molecular complexity index is 444. The first-order chi connectivity index (χ1) is 7.66. The van der Waals surface area contributed by atoms with E-state index in [2.05, 4.69) is 25.6 Å². The molecule has 0 radical (unpaired) electrons. The molecule has 16 heavy (non-hydrogen) atoms. The van der Waals surface area contributed by atoms with Crippen molar-refractivity contribution in [2.75, 3.05) is 0 Å². The lowest BCUT2D eigenvalue weighted by Crippen LogP contribution is -2.19. The Kier molecular flexibility index (Phi) is 3.00. The van der Waals surface area contributed by atoms with Crippen LogP contribution in [0.25, 0.3) is 0 Å². The van der Waals surface area contributed by atoms with Gasteiger partial charge in [-0.05, 0) is 13.8 Å². The molecule has 86 valence electrons. The van der Waals surface area contributed by atoms with Crippen LogP contribution in [0.4, 0.5) is 0 Å². The lowest BCUT2D eigenvalue weighted by atomic mass is 10.2. The van der Waals surface area contributed by atoms with Crippen LogP contribution >= 0.6 is 0 Å². The molecule has 0 aliphatic carbocycles. The van der Waals surface area contributed by atoms with Crippen LogP contribution in [0.1, 0.15) is 30.0 Å². The van der Waals surface area contributed by atoms with Crippen molar-refractivity contribution in [3.05, 3.63) is 29.6 Å². The van der Waals surface area contributed by atoms with Crippen LogP contribution < -0.4 is 5.32 Å². The lowest BCUT2D eigenvalue weighted by molar-refractivity contribution is 0.547. The van der Waals surface area contributed by atoms with E-state index >= 15 is 0 Å². The normalized spacial score (nSPS) is 12.9. The highest BCUT2D eigenvalue weighted by Gasteiger charge is 2.09. The van der Waals surface area contributed by atoms with Crippen molar-refractivity contribution < 1.29 is 0 Å². The van der Waals surface area contributed by atoms with Gasteiger partial charge in [-0.3, -0.25) is 9.78 Å². The quantitative estimate of drug-likeness (QED) is 0.795. The van der Waals surface area contributed by atoms with Crippen molar-refractivity contribution >= 4 is 0 Å². The molecule has 1 atom stereocenters. The van der Waals surface area contributed by atoms with Crippen molar-refractivity contribution in [2.24, 2.45) is 7.05 Å². The molecule has 0 fully saturated rings. The Morgan fingerprint density at radius 1 is 1.56 bits per heavy atom. The first-order valence-corrected chi connectivity index (χ1v) is 5.24. The monoisotopic (exact) mass is 220 g/mol. The van der Waals surface area contributed by atoms with Crippen molar-refractivity contribution in [1.29, 1.82) is 0 Å². The van der Waals surface area contributed by atoms with Gasteiger partial charge in [0.2, 0.25) is 0 Å². The maximum atomic E-state index is 4.29. The van der Waals surface area contributed by atoms with Gasteiger partial charge in [0.1, 0.15) is 12.2 Å². The van der Waals surface area contributed by atoms with E-state index in [1.807, 2.05) is 31.8 Å². The molecule has 2 aromatic heterocycles. The molecule has 1 unspecified atom stereocenters. The van der Waals surface area contributed by atoms with Gasteiger partial charge < -0.3 is 5.32 Å². The fourth-order valence-corrected chi connectivity index (χ4v) is 1.61. The summed E-state index contributed by atoms with van der Waals surface area (Å²) in [6.45, 7) is 4.84. The molecule has 2 heterocycles. The predicted molar refractivity (Wildman–Crippen MR) is 59.6 cm³/mol. The van der Waals surface area contributed by atoms with Gasteiger partial charge in [0.15, 0.2) is 0 Å². The summed E-state index contributed by atoms with van der Waals surface area (Å²) in [5.41, 5.74) is 2.26. The van der Waals surface area contributed by atoms with E-state index in [1.165, 1.54) is 11.9 Å². The van der Waals surface area contributed by atoms with Gasteiger partial charge in [-0.1, -0.05) is 0 Å². The summed E-state index contributed by atoms with van der Waals surface area (Å²) in [7, 11) is 1.93. The number of aryl methyl sites for hydroxylation is 2. The average Bonchev–Trinajstić information content (AvgIpc) is 2.84. The van der Waals surface area contributed by atoms with Crippen molar-refractivity contribution in [3.8, 4) is 0 Å². The fraction of sp³-hybridized carbons (Fsp3) is 0.500. The van der Waals surface area contributed by atoms with Gasteiger partial charge >= 0.3 is 0 Å². The second kappa shape index (κ2) is 4.44. The molecule has 0 amide bonds. The highest BCUT2D eigenvalue weighted by atomic mass is 15.3. The lowest BCUT2D eigenvalue weighted by Gasteiger charge is -2.09. The van der Waals surface area contributed by atoms with Crippen LogP contribution in [0.3, 0.4) is 0 Å². The molecule has 6 nitrogen and oxygen atoms in total. The summed E-state index contributed by atoms with van der Waals surface area (Å²) >= 11 is 0. The number of aromatic amines is 1. The minimum Gasteiger partial charge on any atom is -0.303 e. The second-order valence-electron chi connectivity index (χ2n) is 3.89. The molecule has 0 saturated carbocycles. The number of rotatable bonds is 4. The van der Waals surface area contributed by atoms with Crippen molar-refractivity contribution in [1.82, 2.24) is 30.3 Å². The maximum absolute atomic E-state index is 4.29. The molecule has 2 N–H and O–H groups in total. The number of hydrogen-bond donors (Lipinski definition) is 2. The molecule has 0 spiro atoms. The Labute approximate surface area is 94.1 Å². The molecule has 0 aliphatic heterocycles. The van der Waals surface area contributed by atoms with Gasteiger partial charge in [0.25, 0.3) is 0 Å². The average molecular weight is 220 g/mol. The van der Waals surface area contributed by atoms with Crippen LogP contribution in [0.5, 0.6) is 0 Å². The molecular weight excluding hydrogens is 204 g/mol. The van der Waals surface area contributed by atoms with Gasteiger partial charge in [-0.2, -0.15) is 10.2 Å². The molecule has 6 heteroatoms. The van der Waals surface area contributed by atoms with E-state index < -0.39 is 0 Å². The fourth-order valence-electron chi connectivity index (χ4n) is 1.61. The van der Waals surface area contributed by atoms with Gasteiger partial charge in [-0.25, -0.2) is 4.98 Å². The number of hydrogen-bond acceptors (Lipinski definition) is 4. The van der Waals surface area contributed by atoms with Crippen LogP contribution in [-0.2, 0) is 13.6 Å². The zero-order valence-corrected chi connectivity index (χ0v) is 9.73. The van der Waals surface area contributed by atoms with Gasteiger partial charge in [-0.15, -0.1) is 0 Å². The Hall–Kier alpha value is -1.69. The van der Waals surface area contributed by atoms with Gasteiger partial charge in [0, 0.05) is 25.4 Å². The van der Waals surface area contributed by atoms with E-state index in [0.29, 0.717) is 0 Å². The van der Waals surface area contributed by atoms with Crippen LogP contribution in [-0.4, -0.2) is 25.0 Å². The van der Waals surface area contributed by atoms with Crippen LogP contribution in [0.15, 0.2) is 12.5 Å². The largest absolute Gasteiger partial charge is 0.303 e. The number of nitrogens with one attached hydrogen (secondary N) is 2. The third-order valence-electron chi connectivity index (χ3n) is 2.56. The number of aromatic nitrogens is 5. The third kappa shape index (κ3) is 2.27. The highest BCUT2D eigenvalue weighted by Crippen LogP contribution is 2.08. The topological polar surface area (TPSA) is 71.4 Å². The van der Waals surface area contributed by atoms with E-state index in [4.69, 9.17) is 0 Å². The molecule has 2 rings (SSSR count). The summed E-state index contributed by atoms with van der Waals surface area (Å²) in [6.07, 6.45) is 3.54. The number of nitrogens with zero attached hydrogens (tertiary/aromatic N) is 4. The summed E-state index contributed by atoms with van der Waals surface area (Å²) < 4.78 is 1.82. The standard InChI is InChI=1S/C10H16N6/c1-7-9(5-16(3)15-7)4-11-8(2)10-12-6-13-14-10/h5-6,8,11H,4H2,1-3H3,(H,12,13,14). The molecule has 0 saturated heterocycles. The predicted octanol–water partition coefficient (Wildman–Crippen LogP) is 0.697. The SMILES string of the molecule is Cc1nn(C)cc1CNC(C)c1ncn[nH]1. The summed E-state index contributed by atoms with van der Waals surface area (Å²) in [5.74, 6) is 0.849. The molecule has 0 aliphatic rings. The third-order valence-corrected chi connectivity index (χ3v) is 2.56. The van der Waals surface area contributed by atoms with E-state index in [1.54, 1.807) is 0 Å². The number of H-pyrrole nitrogens is 1. The zero-order valence-electron chi connectivity index (χ0n) is 9.73. The first-order valence-electron chi connectivity index (χ1n) is 5.24. The molecule has 0 aromatic carbocycles. The van der Waals surface area contributed by atoms with E-state index in [0.717, 1.165) is 18.1 Å². The van der Waals surface area contributed by atoms with Crippen LogP contribution in [0, 0.1) is 6.92 Å². The van der Waals surface area contributed by atoms with E-state index in [-0.39, 0.29) is 6.04 Å². The van der Waals surface area contributed by atoms with Gasteiger partial charge in [0.05, 0.1) is 11.7 Å². The Morgan fingerprint density at radius 3 is 2.94 bits per heavy atom. The second-order valence-corrected chi connectivity index (χ2v) is 3.89. The van der Waals surface area contributed by atoms with Crippen molar-refractivity contribution in [3.63, 3.8) is 0 Å². The Morgan fingerprint density at radius 2 is 2.38 bits per heavy atom. The smallest absolute Gasteiger partial charge is 0.141 e. The Balaban J connectivity index is 1.95. The summed E-state index contributed by atoms with van der Waals surface area (Å²) in [5, 5.41) is 14.3. The highest BCUT2D eigenvalue weighted by molar-refractivity contribution is 5.15. The zero-order chi connectivity index (χ0) is 11.5. The molecule has 0 bridgehead atoms. The molecule has 2 aromatic rings. The molecular formula is C10H16N6. The summed E-state index contributed by atoms with van der Waals surface area (Å²) in [6, 6.07) is 0.155. The minimum atomic E-state index is 0.155. The summed E-state index contributed by atoms with van der Waals surface area (Å²) in [4.78, 5) is 4.11.